The Balaban J connectivity index is 1.46. The lowest BCUT2D eigenvalue weighted by Crippen LogP contribution is -2.39. The van der Waals surface area contributed by atoms with Gasteiger partial charge < -0.3 is 9.47 Å². The van der Waals surface area contributed by atoms with E-state index in [2.05, 4.69) is 53.5 Å². The third kappa shape index (κ3) is 3.99. The first-order valence-electron chi connectivity index (χ1n) is 12.4. The molecule has 0 bridgehead atoms. The first kappa shape index (κ1) is 22.3. The third-order valence-corrected chi connectivity index (χ3v) is 7.29. The minimum Gasteiger partial charge on any atom is -0.481 e. The Labute approximate surface area is 210 Å². The Bertz CT molecular complexity index is 1560. The summed E-state index contributed by atoms with van der Waals surface area (Å²) in [5.41, 5.74) is 6.79. The number of carbonyl (C=O) groups excluding carboxylic acids is 1. The first-order valence-corrected chi connectivity index (χ1v) is 12.4. The highest BCUT2D eigenvalue weighted by molar-refractivity contribution is 5.81. The summed E-state index contributed by atoms with van der Waals surface area (Å²) in [5.74, 6) is 0.00179. The predicted molar refractivity (Wildman–Crippen MR) is 141 cm³/mol. The van der Waals surface area contributed by atoms with E-state index in [1.54, 1.807) is 13.3 Å². The van der Waals surface area contributed by atoms with E-state index in [9.17, 15) is 4.79 Å². The van der Waals surface area contributed by atoms with Gasteiger partial charge in [-0.25, -0.2) is 4.98 Å². The van der Waals surface area contributed by atoms with Crippen molar-refractivity contribution in [1.82, 2.24) is 4.98 Å². The minimum atomic E-state index is -0.375. The van der Waals surface area contributed by atoms with Crippen molar-refractivity contribution in [2.24, 2.45) is 0 Å². The van der Waals surface area contributed by atoms with E-state index in [0.717, 1.165) is 28.3 Å². The number of ether oxygens (including phenoxy) is 2. The smallest absolute Gasteiger partial charge is 0.313 e. The summed E-state index contributed by atoms with van der Waals surface area (Å²) >= 11 is 0. The molecule has 0 N–H and O–H groups in total. The molecule has 1 aromatic heterocycles. The molecule has 0 radical (unpaired) electrons. The van der Waals surface area contributed by atoms with Crippen molar-refractivity contribution in [3.63, 3.8) is 0 Å². The van der Waals surface area contributed by atoms with Crippen molar-refractivity contribution in [3.8, 4) is 17.0 Å². The fourth-order valence-corrected chi connectivity index (χ4v) is 5.55. The number of hydrogen-bond donors (Lipinski definition) is 0. The molecule has 2 aliphatic rings. The van der Waals surface area contributed by atoms with Gasteiger partial charge in [-0.3, -0.25) is 4.79 Å². The molecule has 2 unspecified atom stereocenters. The SMILES string of the molecule is COc1ncccc1C1C=c2c(ccc3c2=CCc2ccccc2-3)C(C(=O)OCc2ccccc2)C1. The van der Waals surface area contributed by atoms with Crippen LogP contribution in [0.1, 0.15) is 40.5 Å². The molecule has 0 saturated heterocycles. The molecule has 4 aromatic rings. The van der Waals surface area contributed by atoms with Gasteiger partial charge in [-0.2, -0.15) is 0 Å². The van der Waals surface area contributed by atoms with Crippen molar-refractivity contribution in [3.05, 3.63) is 118 Å². The summed E-state index contributed by atoms with van der Waals surface area (Å²) in [6.07, 6.45) is 7.80. The molecule has 36 heavy (non-hydrogen) atoms. The van der Waals surface area contributed by atoms with Crippen molar-refractivity contribution in [2.75, 3.05) is 7.11 Å². The molecule has 3 aromatic carbocycles. The van der Waals surface area contributed by atoms with Crippen LogP contribution in [0.5, 0.6) is 5.88 Å². The van der Waals surface area contributed by atoms with E-state index in [1.807, 2.05) is 42.5 Å². The molecule has 0 saturated carbocycles. The number of methoxy groups -OCH3 is 1. The van der Waals surface area contributed by atoms with Crippen LogP contribution < -0.4 is 15.2 Å². The maximum absolute atomic E-state index is 13.5. The minimum absolute atomic E-state index is 0.0208. The maximum atomic E-state index is 13.5. The highest BCUT2D eigenvalue weighted by atomic mass is 16.5. The second kappa shape index (κ2) is 9.46. The van der Waals surface area contributed by atoms with Gasteiger partial charge in [-0.15, -0.1) is 0 Å². The van der Waals surface area contributed by atoms with Crippen molar-refractivity contribution in [2.45, 2.75) is 31.3 Å². The Kier molecular flexibility index (Phi) is 5.86. The molecule has 2 atom stereocenters. The van der Waals surface area contributed by atoms with Gasteiger partial charge in [0.1, 0.15) is 6.61 Å². The maximum Gasteiger partial charge on any atom is 0.313 e. The van der Waals surface area contributed by atoms with E-state index in [0.29, 0.717) is 12.3 Å². The quantitative estimate of drug-likeness (QED) is 0.388. The molecule has 0 amide bonds. The zero-order valence-corrected chi connectivity index (χ0v) is 20.2. The Morgan fingerprint density at radius 3 is 2.58 bits per heavy atom. The van der Waals surface area contributed by atoms with Gasteiger partial charge in [-0.1, -0.05) is 84.9 Å². The zero-order chi connectivity index (χ0) is 24.5. The van der Waals surface area contributed by atoms with Gasteiger partial charge in [0.25, 0.3) is 0 Å². The molecule has 2 aliphatic carbocycles. The Morgan fingerprint density at radius 1 is 0.889 bits per heavy atom. The molecule has 0 aliphatic heterocycles. The van der Waals surface area contributed by atoms with Crippen molar-refractivity contribution >= 4 is 18.1 Å². The van der Waals surface area contributed by atoms with Gasteiger partial charge in [-0.05, 0) is 57.2 Å². The standard InChI is InChI=1S/C32H27NO3/c1-35-31-25(12-7-17-33-31)23-18-29-27-14-13-22-10-5-6-11-24(22)26(27)15-16-28(29)30(19-23)32(34)36-20-21-8-3-2-4-9-21/h2-12,14-18,23,30H,13,19-20H2,1H3. The number of aromatic nitrogens is 1. The number of nitrogens with zero attached hydrogens (tertiary/aromatic N) is 1. The monoisotopic (exact) mass is 473 g/mol. The van der Waals surface area contributed by atoms with Crippen LogP contribution in [-0.4, -0.2) is 18.1 Å². The average Bonchev–Trinajstić information content (AvgIpc) is 2.95. The normalized spacial score (nSPS) is 17.5. The zero-order valence-electron chi connectivity index (χ0n) is 20.2. The van der Waals surface area contributed by atoms with Gasteiger partial charge in [0.2, 0.25) is 5.88 Å². The topological polar surface area (TPSA) is 48.4 Å². The predicted octanol–water partition coefficient (Wildman–Crippen LogP) is 4.89. The molecular formula is C32H27NO3. The van der Waals surface area contributed by atoms with Crippen LogP contribution in [0.2, 0.25) is 0 Å². The number of esters is 1. The van der Waals surface area contributed by atoms with Crippen LogP contribution in [-0.2, 0) is 22.6 Å². The second-order valence-electron chi connectivity index (χ2n) is 9.35. The lowest BCUT2D eigenvalue weighted by molar-refractivity contribution is -0.147. The fourth-order valence-electron chi connectivity index (χ4n) is 5.55. The van der Waals surface area contributed by atoms with E-state index in [4.69, 9.17) is 9.47 Å². The number of rotatable bonds is 5. The molecular weight excluding hydrogens is 446 g/mol. The highest BCUT2D eigenvalue weighted by Gasteiger charge is 2.32. The van der Waals surface area contributed by atoms with Crippen LogP contribution in [0.25, 0.3) is 23.3 Å². The van der Waals surface area contributed by atoms with E-state index in [1.165, 1.54) is 21.9 Å². The number of pyridine rings is 1. The van der Waals surface area contributed by atoms with E-state index >= 15 is 0 Å². The lowest BCUT2D eigenvalue weighted by atomic mass is 9.77. The highest BCUT2D eigenvalue weighted by Crippen LogP contribution is 2.38. The summed E-state index contributed by atoms with van der Waals surface area (Å²) < 4.78 is 11.4. The number of benzene rings is 3. The summed E-state index contributed by atoms with van der Waals surface area (Å²) in [7, 11) is 1.64. The van der Waals surface area contributed by atoms with E-state index in [-0.39, 0.29) is 24.4 Å². The van der Waals surface area contributed by atoms with Crippen LogP contribution in [0.15, 0.2) is 85.1 Å². The molecule has 1 heterocycles. The molecule has 4 heteroatoms. The third-order valence-electron chi connectivity index (χ3n) is 7.29. The molecule has 4 nitrogen and oxygen atoms in total. The van der Waals surface area contributed by atoms with Crippen LogP contribution in [0.4, 0.5) is 0 Å². The summed E-state index contributed by atoms with van der Waals surface area (Å²) in [6, 6.07) is 26.6. The largest absolute Gasteiger partial charge is 0.481 e. The van der Waals surface area contributed by atoms with Crippen molar-refractivity contribution < 1.29 is 14.3 Å². The second-order valence-corrected chi connectivity index (χ2v) is 9.35. The van der Waals surface area contributed by atoms with Gasteiger partial charge >= 0.3 is 5.97 Å². The van der Waals surface area contributed by atoms with Gasteiger partial charge in [0, 0.05) is 17.7 Å². The van der Waals surface area contributed by atoms with Crippen LogP contribution in [0.3, 0.4) is 0 Å². The first-order chi connectivity index (χ1) is 17.7. The number of carbonyl (C=O) groups is 1. The Hall–Kier alpha value is -4.18. The van der Waals surface area contributed by atoms with Gasteiger partial charge in [0.15, 0.2) is 0 Å². The fraction of sp³-hybridized carbons (Fsp3) is 0.188. The van der Waals surface area contributed by atoms with Crippen LogP contribution >= 0.6 is 0 Å². The summed E-state index contributed by atoms with van der Waals surface area (Å²) in [6.45, 7) is 0.264. The number of fused-ring (bicyclic) bond motifs is 5. The average molecular weight is 474 g/mol. The summed E-state index contributed by atoms with van der Waals surface area (Å²) in [4.78, 5) is 18.0. The van der Waals surface area contributed by atoms with Crippen molar-refractivity contribution in [1.29, 1.82) is 0 Å². The number of hydrogen-bond acceptors (Lipinski definition) is 4. The lowest BCUT2D eigenvalue weighted by Gasteiger charge is -2.28. The van der Waals surface area contributed by atoms with Gasteiger partial charge in [0.05, 0.1) is 13.0 Å². The summed E-state index contributed by atoms with van der Waals surface area (Å²) in [5, 5.41) is 2.31. The molecule has 0 fully saturated rings. The molecule has 0 spiro atoms. The molecule has 178 valence electrons. The Morgan fingerprint density at radius 2 is 1.72 bits per heavy atom. The molecule has 6 rings (SSSR count). The van der Waals surface area contributed by atoms with E-state index < -0.39 is 0 Å². The van der Waals surface area contributed by atoms with Crippen LogP contribution in [0, 0.1) is 0 Å².